The molecule has 0 saturated heterocycles. The third-order valence-corrected chi connectivity index (χ3v) is 10.7. The van der Waals surface area contributed by atoms with Crippen LogP contribution in [0.5, 0.6) is 0 Å². The maximum absolute atomic E-state index is 4.15. The van der Waals surface area contributed by atoms with Crippen LogP contribution in [-0.2, 0) is 0 Å². The van der Waals surface area contributed by atoms with Gasteiger partial charge in [-0.2, -0.15) is 0 Å². The number of benzene rings is 8. The van der Waals surface area contributed by atoms with Crippen molar-refractivity contribution in [1.82, 2.24) is 0 Å². The summed E-state index contributed by atoms with van der Waals surface area (Å²) in [5, 5.41) is 0. The molecule has 0 saturated carbocycles. The van der Waals surface area contributed by atoms with Crippen molar-refractivity contribution in [3.8, 4) is 0 Å². The average Bonchev–Trinajstić information content (AvgIpc) is 3.29. The summed E-state index contributed by atoms with van der Waals surface area (Å²) in [6, 6.07) is 73.4. The van der Waals surface area contributed by atoms with Crippen LogP contribution in [0.3, 0.4) is 0 Å². The molecule has 0 bridgehead atoms. The van der Waals surface area contributed by atoms with Crippen LogP contribution < -0.4 is 19.6 Å². The molecule has 0 aliphatic heterocycles. The highest BCUT2D eigenvalue weighted by molar-refractivity contribution is 5.84. The first-order valence-electron chi connectivity index (χ1n) is 20.7. The van der Waals surface area contributed by atoms with Crippen molar-refractivity contribution >= 4 is 62.6 Å². The van der Waals surface area contributed by atoms with Crippen molar-refractivity contribution in [3.63, 3.8) is 0 Å². The van der Waals surface area contributed by atoms with Gasteiger partial charge in [0.15, 0.2) is 0 Å². The van der Waals surface area contributed by atoms with E-state index in [1.165, 1.54) is 16.7 Å². The highest BCUT2D eigenvalue weighted by atomic mass is 15.2. The third-order valence-electron chi connectivity index (χ3n) is 10.7. The van der Waals surface area contributed by atoms with E-state index in [0.29, 0.717) is 0 Å². The Labute approximate surface area is 361 Å². The Morgan fingerprint density at radius 1 is 0.328 bits per heavy atom. The van der Waals surface area contributed by atoms with Crippen molar-refractivity contribution in [3.05, 3.63) is 260 Å². The molecule has 0 spiro atoms. The Morgan fingerprint density at radius 3 is 0.967 bits per heavy atom. The van der Waals surface area contributed by atoms with Gasteiger partial charge in [0.05, 0.1) is 0 Å². The third kappa shape index (κ3) is 8.95. The van der Waals surface area contributed by atoms with Gasteiger partial charge in [-0.3, -0.25) is 0 Å². The number of hydrogen-bond acceptors (Lipinski definition) is 4. The lowest BCUT2D eigenvalue weighted by Gasteiger charge is -2.30. The van der Waals surface area contributed by atoms with Gasteiger partial charge < -0.3 is 19.6 Å². The lowest BCUT2D eigenvalue weighted by Crippen LogP contribution is -2.16. The molecule has 8 aromatic rings. The van der Waals surface area contributed by atoms with E-state index < -0.39 is 0 Å². The lowest BCUT2D eigenvalue weighted by atomic mass is 10.1. The minimum absolute atomic E-state index is 0.935. The topological polar surface area (TPSA) is 13.0 Å². The second-order valence-corrected chi connectivity index (χ2v) is 15.1. The van der Waals surface area contributed by atoms with Gasteiger partial charge in [-0.25, -0.2) is 0 Å². The molecule has 8 rings (SSSR count). The molecule has 298 valence electrons. The first-order valence-corrected chi connectivity index (χ1v) is 20.7. The van der Waals surface area contributed by atoms with Crippen LogP contribution in [0.25, 0.3) is 0 Å². The second-order valence-electron chi connectivity index (χ2n) is 15.1. The summed E-state index contributed by atoms with van der Waals surface area (Å²) in [5.74, 6) is 0. The van der Waals surface area contributed by atoms with E-state index in [1.807, 2.05) is 12.2 Å². The average molecular weight is 791 g/mol. The molecule has 0 radical (unpaired) electrons. The largest absolute Gasteiger partial charge is 0.311 e. The molecule has 0 unspecified atom stereocenters. The lowest BCUT2D eigenvalue weighted by molar-refractivity contribution is 1.20. The summed E-state index contributed by atoms with van der Waals surface area (Å²) in [6.07, 6.45) is 5.67. The fourth-order valence-electron chi connectivity index (χ4n) is 7.85. The first-order chi connectivity index (χ1) is 29.9. The Balaban J connectivity index is 1.23. The summed E-state index contributed by atoms with van der Waals surface area (Å²) in [5.41, 5.74) is 16.3. The van der Waals surface area contributed by atoms with E-state index in [-0.39, 0.29) is 0 Å². The van der Waals surface area contributed by atoms with E-state index in [0.717, 1.165) is 68.3 Å². The summed E-state index contributed by atoms with van der Waals surface area (Å²) >= 11 is 0. The molecule has 0 aromatic heterocycles. The standard InChI is InChI=1S/C57H50N4/c1-6-17-46(7-2)58(55-25-14-18-43(3)40-55)49-28-30-50(31-29-49)59(51-32-36-53(37-33-51)60(47-21-10-8-11-22-47)56-26-15-19-44(4)41-56)52-34-38-54(39-35-52)61(48-23-12-9-13-24-48)57-27-16-20-45(5)42-57/h6-42H,1-2H2,3-5H3/b46-17+. The van der Waals surface area contributed by atoms with Gasteiger partial charge in [0.25, 0.3) is 0 Å². The molecule has 0 atom stereocenters. The molecule has 61 heavy (non-hydrogen) atoms. The quantitative estimate of drug-likeness (QED) is 0.102. The molecule has 4 heteroatoms. The molecule has 0 N–H and O–H groups in total. The van der Waals surface area contributed by atoms with Crippen LogP contribution in [0.15, 0.2) is 243 Å². The zero-order valence-corrected chi connectivity index (χ0v) is 35.1. The number of para-hydroxylation sites is 2. The van der Waals surface area contributed by atoms with Gasteiger partial charge in [-0.1, -0.05) is 92.0 Å². The molecule has 0 amide bonds. The Morgan fingerprint density at radius 2 is 0.623 bits per heavy atom. The van der Waals surface area contributed by atoms with E-state index >= 15 is 0 Å². The van der Waals surface area contributed by atoms with Crippen LogP contribution in [0.1, 0.15) is 16.7 Å². The fourth-order valence-corrected chi connectivity index (χ4v) is 7.85. The number of rotatable bonds is 14. The van der Waals surface area contributed by atoms with Crippen LogP contribution in [0.4, 0.5) is 62.6 Å². The molecule has 0 heterocycles. The van der Waals surface area contributed by atoms with Gasteiger partial charge in [-0.15, -0.1) is 0 Å². The van der Waals surface area contributed by atoms with E-state index in [1.54, 1.807) is 6.08 Å². The predicted octanol–water partition coefficient (Wildman–Crippen LogP) is 16.4. The van der Waals surface area contributed by atoms with Crippen molar-refractivity contribution in [2.75, 3.05) is 19.6 Å². The number of nitrogens with zero attached hydrogens (tertiary/aromatic N) is 4. The van der Waals surface area contributed by atoms with Crippen molar-refractivity contribution in [1.29, 1.82) is 0 Å². The van der Waals surface area contributed by atoms with Gasteiger partial charge in [0.2, 0.25) is 0 Å². The zero-order chi connectivity index (χ0) is 42.1. The Kier molecular flexibility index (Phi) is 12.1. The second kappa shape index (κ2) is 18.4. The molecular formula is C57H50N4. The summed E-state index contributed by atoms with van der Waals surface area (Å²) in [4.78, 5) is 9.15. The van der Waals surface area contributed by atoms with Gasteiger partial charge >= 0.3 is 0 Å². The number of anilines is 11. The SMILES string of the molecule is C=C/C=C(\C=C)N(c1ccc(N(c2ccc(N(c3ccccc3)c3cccc(C)c3)cc2)c2ccc(N(c3ccccc3)c3cccc(C)c3)cc2)cc1)c1cccc(C)c1. The van der Waals surface area contributed by atoms with E-state index in [9.17, 15) is 0 Å². The van der Waals surface area contributed by atoms with Crippen LogP contribution in [-0.4, -0.2) is 0 Å². The fraction of sp³-hybridized carbons (Fsp3) is 0.0526. The molecule has 8 aromatic carbocycles. The van der Waals surface area contributed by atoms with Gasteiger partial charge in [-0.05, 0) is 183 Å². The maximum Gasteiger partial charge on any atom is 0.0464 e. The number of aryl methyl sites for hydroxylation is 3. The van der Waals surface area contributed by atoms with Gasteiger partial charge in [0, 0.05) is 68.3 Å². The highest BCUT2D eigenvalue weighted by Crippen LogP contribution is 2.42. The zero-order valence-electron chi connectivity index (χ0n) is 35.1. The molecule has 0 aliphatic rings. The van der Waals surface area contributed by atoms with Crippen molar-refractivity contribution < 1.29 is 0 Å². The monoisotopic (exact) mass is 790 g/mol. The molecule has 4 nitrogen and oxygen atoms in total. The molecular weight excluding hydrogens is 741 g/mol. The van der Waals surface area contributed by atoms with Crippen LogP contribution >= 0.6 is 0 Å². The van der Waals surface area contributed by atoms with Gasteiger partial charge in [0.1, 0.15) is 0 Å². The summed E-state index contributed by atoms with van der Waals surface area (Å²) in [7, 11) is 0. The predicted molar refractivity (Wildman–Crippen MR) is 262 cm³/mol. The smallest absolute Gasteiger partial charge is 0.0464 e. The van der Waals surface area contributed by atoms with Crippen molar-refractivity contribution in [2.45, 2.75) is 20.8 Å². The van der Waals surface area contributed by atoms with E-state index in [4.69, 9.17) is 0 Å². The van der Waals surface area contributed by atoms with E-state index in [2.05, 4.69) is 260 Å². The maximum atomic E-state index is 4.15. The van der Waals surface area contributed by atoms with Crippen molar-refractivity contribution in [2.24, 2.45) is 0 Å². The van der Waals surface area contributed by atoms with Crippen LogP contribution in [0.2, 0.25) is 0 Å². The summed E-state index contributed by atoms with van der Waals surface area (Å²) < 4.78 is 0. The minimum atomic E-state index is 0.935. The summed E-state index contributed by atoms with van der Waals surface area (Å²) in [6.45, 7) is 14.5. The number of allylic oxidation sites excluding steroid dienone is 3. The Hall–Kier alpha value is -7.82. The van der Waals surface area contributed by atoms with Crippen LogP contribution in [0, 0.1) is 20.8 Å². The minimum Gasteiger partial charge on any atom is -0.311 e. The normalized spacial score (nSPS) is 11.1. The Bertz CT molecular complexity index is 2620. The molecule has 0 aliphatic carbocycles. The first kappa shape index (κ1) is 40.0. The highest BCUT2D eigenvalue weighted by Gasteiger charge is 2.20. The number of hydrogen-bond donors (Lipinski definition) is 0. The molecule has 0 fully saturated rings.